The molecule has 0 aliphatic heterocycles. The number of hydrogen-bond donors (Lipinski definition) is 1. The Bertz CT molecular complexity index is 1000. The highest BCUT2D eigenvalue weighted by atomic mass is 35.5. The number of halogens is 2. The Kier molecular flexibility index (Phi) is 5.66. The van der Waals surface area contributed by atoms with E-state index in [-0.39, 0.29) is 5.91 Å². The summed E-state index contributed by atoms with van der Waals surface area (Å²) in [4.78, 5) is 16.5. The van der Waals surface area contributed by atoms with Crippen molar-refractivity contribution in [2.45, 2.75) is 0 Å². The number of nitrogens with one attached hydrogen (secondary N) is 1. The average Bonchev–Trinajstić information content (AvgIpc) is 3.06. The summed E-state index contributed by atoms with van der Waals surface area (Å²) < 4.78 is 11.3. The number of carbonyl (C=O) groups is 1. The highest BCUT2D eigenvalue weighted by Gasteiger charge is 2.11. The van der Waals surface area contributed by atoms with E-state index in [2.05, 4.69) is 10.3 Å². The minimum absolute atomic E-state index is 0.305. The summed E-state index contributed by atoms with van der Waals surface area (Å²) in [5.74, 6) is 0.910. The van der Waals surface area contributed by atoms with Gasteiger partial charge in [-0.1, -0.05) is 40.6 Å². The van der Waals surface area contributed by atoms with Crippen LogP contribution >= 0.6 is 34.5 Å². The van der Waals surface area contributed by atoms with Crippen molar-refractivity contribution in [3.05, 3.63) is 52.0 Å². The van der Waals surface area contributed by atoms with Gasteiger partial charge in [-0.25, -0.2) is 4.98 Å². The van der Waals surface area contributed by atoms with Crippen LogP contribution in [0.3, 0.4) is 0 Å². The van der Waals surface area contributed by atoms with Gasteiger partial charge in [0.15, 0.2) is 16.6 Å². The van der Waals surface area contributed by atoms with Crippen molar-refractivity contribution in [2.24, 2.45) is 0 Å². The van der Waals surface area contributed by atoms with E-state index in [1.807, 2.05) is 12.1 Å². The van der Waals surface area contributed by atoms with Gasteiger partial charge in [0.05, 0.1) is 29.0 Å². The molecule has 8 heteroatoms. The van der Waals surface area contributed by atoms with Crippen LogP contribution in [0.4, 0.5) is 5.13 Å². The summed E-state index contributed by atoms with van der Waals surface area (Å²) in [5.41, 5.74) is 1.38. The molecule has 26 heavy (non-hydrogen) atoms. The molecule has 0 spiro atoms. The second-order valence-corrected chi connectivity index (χ2v) is 6.98. The molecule has 0 saturated carbocycles. The zero-order chi connectivity index (χ0) is 18.7. The largest absolute Gasteiger partial charge is 0.493 e. The number of fused-ring (bicyclic) bond motifs is 1. The predicted molar refractivity (Wildman–Crippen MR) is 107 cm³/mol. The van der Waals surface area contributed by atoms with Crippen LogP contribution in [0.2, 0.25) is 10.0 Å². The number of hydrogen-bond acceptors (Lipinski definition) is 5. The van der Waals surface area contributed by atoms with E-state index in [1.165, 1.54) is 17.4 Å². The summed E-state index contributed by atoms with van der Waals surface area (Å²) in [7, 11) is 3.13. The molecule has 1 heterocycles. The fourth-order valence-corrected chi connectivity index (χ4v) is 3.56. The van der Waals surface area contributed by atoms with Gasteiger partial charge in [-0.2, -0.15) is 0 Å². The second kappa shape index (κ2) is 7.95. The molecule has 0 bridgehead atoms. The topological polar surface area (TPSA) is 60.5 Å². The van der Waals surface area contributed by atoms with Crippen LogP contribution in [0.5, 0.6) is 11.5 Å². The number of aromatic nitrogens is 1. The molecule has 0 aliphatic carbocycles. The SMILES string of the molecule is COc1ccc(/C=C/C(=O)Nc2nc3c(Cl)c(Cl)ccc3s2)cc1OC. The van der Waals surface area contributed by atoms with Gasteiger partial charge in [0.2, 0.25) is 5.91 Å². The lowest BCUT2D eigenvalue weighted by Gasteiger charge is -2.07. The van der Waals surface area contributed by atoms with Gasteiger partial charge in [-0.15, -0.1) is 0 Å². The molecule has 0 unspecified atom stereocenters. The first-order valence-corrected chi connectivity index (χ1v) is 9.04. The van der Waals surface area contributed by atoms with E-state index in [0.717, 1.165) is 10.3 Å². The number of rotatable bonds is 5. The molecule has 0 saturated heterocycles. The van der Waals surface area contributed by atoms with Crippen LogP contribution in [-0.4, -0.2) is 25.1 Å². The minimum atomic E-state index is -0.305. The average molecular weight is 409 g/mol. The summed E-state index contributed by atoms with van der Waals surface area (Å²) in [6.45, 7) is 0. The number of methoxy groups -OCH3 is 2. The van der Waals surface area contributed by atoms with E-state index in [0.29, 0.717) is 32.2 Å². The van der Waals surface area contributed by atoms with Gasteiger partial charge in [-0.05, 0) is 35.9 Å². The van der Waals surface area contributed by atoms with Crippen molar-refractivity contribution in [1.82, 2.24) is 4.98 Å². The zero-order valence-corrected chi connectivity index (χ0v) is 16.2. The van der Waals surface area contributed by atoms with Crippen molar-refractivity contribution >= 4 is 61.9 Å². The molecule has 0 radical (unpaired) electrons. The highest BCUT2D eigenvalue weighted by Crippen LogP contribution is 2.35. The van der Waals surface area contributed by atoms with Crippen molar-refractivity contribution in [1.29, 1.82) is 0 Å². The summed E-state index contributed by atoms with van der Waals surface area (Å²) in [6.07, 6.45) is 3.09. The van der Waals surface area contributed by atoms with Crippen molar-refractivity contribution in [2.75, 3.05) is 19.5 Å². The first-order chi connectivity index (χ1) is 12.5. The number of anilines is 1. The summed E-state index contributed by atoms with van der Waals surface area (Å²) >= 11 is 13.4. The number of amides is 1. The molecule has 2 aromatic carbocycles. The first-order valence-electron chi connectivity index (χ1n) is 7.47. The molecule has 3 aromatic rings. The summed E-state index contributed by atoms with van der Waals surface area (Å²) in [6, 6.07) is 8.89. The highest BCUT2D eigenvalue weighted by molar-refractivity contribution is 7.22. The van der Waals surface area contributed by atoms with E-state index < -0.39 is 0 Å². The number of ether oxygens (including phenoxy) is 2. The molecular formula is C18H14Cl2N2O3S. The monoisotopic (exact) mass is 408 g/mol. The van der Waals surface area contributed by atoms with Gasteiger partial charge in [-0.3, -0.25) is 10.1 Å². The van der Waals surface area contributed by atoms with Gasteiger partial charge < -0.3 is 9.47 Å². The fourth-order valence-electron chi connectivity index (χ4n) is 2.27. The third-order valence-corrected chi connectivity index (χ3v) is 5.25. The Balaban J connectivity index is 1.74. The molecule has 0 aliphatic rings. The Hall–Kier alpha value is -2.28. The molecule has 134 valence electrons. The number of nitrogens with zero attached hydrogens (tertiary/aromatic N) is 1. The Morgan fingerprint density at radius 2 is 1.92 bits per heavy atom. The number of carbonyl (C=O) groups excluding carboxylic acids is 1. The predicted octanol–water partition coefficient (Wildman–Crippen LogP) is 5.27. The van der Waals surface area contributed by atoms with Crippen molar-refractivity contribution in [3.63, 3.8) is 0 Å². The lowest BCUT2D eigenvalue weighted by Crippen LogP contribution is -2.07. The lowest BCUT2D eigenvalue weighted by molar-refractivity contribution is -0.111. The maximum atomic E-state index is 12.1. The van der Waals surface area contributed by atoms with E-state index >= 15 is 0 Å². The number of thiazole rings is 1. The van der Waals surface area contributed by atoms with Crippen LogP contribution in [0.25, 0.3) is 16.3 Å². The summed E-state index contributed by atoms with van der Waals surface area (Å²) in [5, 5.41) is 3.98. The van der Waals surface area contributed by atoms with E-state index in [1.54, 1.807) is 38.5 Å². The normalized spacial score (nSPS) is 11.1. The quantitative estimate of drug-likeness (QED) is 0.583. The Morgan fingerprint density at radius 3 is 2.65 bits per heavy atom. The van der Waals surface area contributed by atoms with E-state index in [4.69, 9.17) is 32.7 Å². The Morgan fingerprint density at radius 1 is 1.15 bits per heavy atom. The zero-order valence-electron chi connectivity index (χ0n) is 13.9. The molecular weight excluding hydrogens is 395 g/mol. The molecule has 3 rings (SSSR count). The van der Waals surface area contributed by atoms with Crippen LogP contribution < -0.4 is 14.8 Å². The van der Waals surface area contributed by atoms with Gasteiger partial charge in [0.1, 0.15) is 5.52 Å². The fraction of sp³-hybridized carbons (Fsp3) is 0.111. The lowest BCUT2D eigenvalue weighted by atomic mass is 10.2. The van der Waals surface area contributed by atoms with Crippen molar-refractivity contribution < 1.29 is 14.3 Å². The Labute approximate surface area is 164 Å². The molecule has 1 aromatic heterocycles. The molecule has 0 atom stereocenters. The van der Waals surface area contributed by atoms with Crippen LogP contribution in [0.15, 0.2) is 36.4 Å². The van der Waals surface area contributed by atoms with Gasteiger partial charge >= 0.3 is 0 Å². The molecule has 1 amide bonds. The van der Waals surface area contributed by atoms with Crippen molar-refractivity contribution in [3.8, 4) is 11.5 Å². The first kappa shape index (κ1) is 18.5. The third kappa shape index (κ3) is 3.93. The molecule has 1 N–H and O–H groups in total. The maximum absolute atomic E-state index is 12.1. The molecule has 0 fully saturated rings. The second-order valence-electron chi connectivity index (χ2n) is 5.16. The van der Waals surface area contributed by atoms with E-state index in [9.17, 15) is 4.79 Å². The third-order valence-electron chi connectivity index (χ3n) is 3.52. The maximum Gasteiger partial charge on any atom is 0.250 e. The smallest absolute Gasteiger partial charge is 0.250 e. The van der Waals surface area contributed by atoms with Gasteiger partial charge in [0.25, 0.3) is 0 Å². The minimum Gasteiger partial charge on any atom is -0.493 e. The van der Waals surface area contributed by atoms with Crippen LogP contribution in [-0.2, 0) is 4.79 Å². The van der Waals surface area contributed by atoms with Crippen LogP contribution in [0.1, 0.15) is 5.56 Å². The number of benzene rings is 2. The van der Waals surface area contributed by atoms with Gasteiger partial charge in [0, 0.05) is 6.08 Å². The standard InChI is InChI=1S/C18H14Cl2N2O3S/c1-24-12-6-3-10(9-13(12)25-2)4-8-15(23)21-18-22-17-14(26-18)7-5-11(19)16(17)20/h3-9H,1-2H3,(H,21,22,23)/b8-4+. The molecule has 5 nitrogen and oxygen atoms in total. The van der Waals surface area contributed by atoms with Crippen LogP contribution in [0, 0.1) is 0 Å².